The van der Waals surface area contributed by atoms with Gasteiger partial charge in [0.2, 0.25) is 5.16 Å². The maximum Gasteiger partial charge on any atom is 0.209 e. The van der Waals surface area contributed by atoms with Crippen molar-refractivity contribution in [1.29, 1.82) is 0 Å². The lowest BCUT2D eigenvalue weighted by Crippen LogP contribution is -2.16. The molecule has 108 valence electrons. The van der Waals surface area contributed by atoms with E-state index in [0.29, 0.717) is 10.8 Å². The molecule has 0 aliphatic carbocycles. The zero-order valence-corrected chi connectivity index (χ0v) is 12.9. The van der Waals surface area contributed by atoms with Crippen LogP contribution in [-0.4, -0.2) is 39.6 Å². The Morgan fingerprint density at radius 3 is 2.95 bits per heavy atom. The standard InChI is InChI=1S/C12H16ClN5OS/c1-18-12(15-16-17-18)20-6-5-14-8-9-3-4-11(19-2)10(13)7-9/h3-4,7,14H,5-6,8H2,1-2H3. The molecule has 0 unspecified atom stereocenters. The third-order valence-electron chi connectivity index (χ3n) is 2.64. The second-order valence-corrected chi connectivity index (χ2v) is 5.55. The molecule has 0 fully saturated rings. The van der Waals surface area contributed by atoms with Gasteiger partial charge in [-0.3, -0.25) is 0 Å². The zero-order chi connectivity index (χ0) is 14.4. The van der Waals surface area contributed by atoms with Crippen LogP contribution in [0.3, 0.4) is 0 Å². The highest BCUT2D eigenvalue weighted by atomic mass is 35.5. The van der Waals surface area contributed by atoms with Crippen LogP contribution in [-0.2, 0) is 13.6 Å². The number of hydrogen-bond acceptors (Lipinski definition) is 6. The van der Waals surface area contributed by atoms with Gasteiger partial charge in [0.25, 0.3) is 0 Å². The van der Waals surface area contributed by atoms with Crippen molar-refractivity contribution in [1.82, 2.24) is 25.5 Å². The highest BCUT2D eigenvalue weighted by molar-refractivity contribution is 7.99. The summed E-state index contributed by atoms with van der Waals surface area (Å²) in [7, 11) is 3.44. The molecule has 2 rings (SSSR count). The minimum absolute atomic E-state index is 0.631. The van der Waals surface area contributed by atoms with Crippen LogP contribution >= 0.6 is 23.4 Å². The number of hydrogen-bond donors (Lipinski definition) is 1. The van der Waals surface area contributed by atoms with E-state index in [1.54, 1.807) is 23.6 Å². The summed E-state index contributed by atoms with van der Waals surface area (Å²) in [6.07, 6.45) is 0. The summed E-state index contributed by atoms with van der Waals surface area (Å²) in [6, 6.07) is 5.78. The highest BCUT2D eigenvalue weighted by Gasteiger charge is 2.03. The largest absolute Gasteiger partial charge is 0.495 e. The van der Waals surface area contributed by atoms with Gasteiger partial charge in [0, 0.05) is 25.9 Å². The topological polar surface area (TPSA) is 64.9 Å². The van der Waals surface area contributed by atoms with E-state index in [-0.39, 0.29) is 0 Å². The van der Waals surface area contributed by atoms with Crippen molar-refractivity contribution in [2.75, 3.05) is 19.4 Å². The molecule has 0 saturated carbocycles. The van der Waals surface area contributed by atoms with E-state index in [2.05, 4.69) is 20.8 Å². The summed E-state index contributed by atoms with van der Waals surface area (Å²) in [4.78, 5) is 0. The first-order valence-electron chi connectivity index (χ1n) is 6.09. The minimum Gasteiger partial charge on any atom is -0.495 e. The molecule has 1 heterocycles. The average Bonchev–Trinajstić information content (AvgIpc) is 2.84. The lowest BCUT2D eigenvalue weighted by atomic mass is 10.2. The SMILES string of the molecule is COc1ccc(CNCCSc2nnnn2C)cc1Cl. The quantitative estimate of drug-likeness (QED) is 0.620. The smallest absolute Gasteiger partial charge is 0.209 e. The first kappa shape index (κ1) is 15.1. The Bertz CT molecular complexity index is 563. The summed E-state index contributed by atoms with van der Waals surface area (Å²) in [5.74, 6) is 1.60. The Morgan fingerprint density at radius 1 is 1.45 bits per heavy atom. The summed E-state index contributed by atoms with van der Waals surface area (Å²) < 4.78 is 6.78. The van der Waals surface area contributed by atoms with Crippen molar-refractivity contribution in [3.8, 4) is 5.75 Å². The van der Waals surface area contributed by atoms with E-state index in [1.165, 1.54) is 0 Å². The first-order chi connectivity index (χ1) is 9.70. The highest BCUT2D eigenvalue weighted by Crippen LogP contribution is 2.24. The molecule has 0 spiro atoms. The predicted octanol–water partition coefficient (Wildman–Crippen LogP) is 1.75. The van der Waals surface area contributed by atoms with E-state index >= 15 is 0 Å². The van der Waals surface area contributed by atoms with Gasteiger partial charge in [0.1, 0.15) is 5.75 Å². The lowest BCUT2D eigenvalue weighted by Gasteiger charge is -2.07. The Kier molecular flexibility index (Phi) is 5.63. The number of aromatic nitrogens is 4. The maximum absolute atomic E-state index is 6.07. The number of nitrogens with zero attached hydrogens (tertiary/aromatic N) is 4. The van der Waals surface area contributed by atoms with Crippen molar-refractivity contribution in [2.24, 2.45) is 7.05 Å². The van der Waals surface area contributed by atoms with Crippen molar-refractivity contribution in [2.45, 2.75) is 11.7 Å². The van der Waals surface area contributed by atoms with Crippen LogP contribution in [0.2, 0.25) is 5.02 Å². The fourth-order valence-corrected chi connectivity index (χ4v) is 2.64. The predicted molar refractivity (Wildman–Crippen MR) is 79.2 cm³/mol. The zero-order valence-electron chi connectivity index (χ0n) is 11.3. The fourth-order valence-electron chi connectivity index (χ4n) is 1.61. The Morgan fingerprint density at radius 2 is 2.30 bits per heavy atom. The number of ether oxygens (including phenoxy) is 1. The van der Waals surface area contributed by atoms with E-state index in [0.717, 1.165) is 29.6 Å². The van der Waals surface area contributed by atoms with Gasteiger partial charge in [0.05, 0.1) is 12.1 Å². The molecule has 0 aliphatic rings. The van der Waals surface area contributed by atoms with Gasteiger partial charge >= 0.3 is 0 Å². The maximum atomic E-state index is 6.07. The molecule has 0 radical (unpaired) electrons. The number of thioether (sulfide) groups is 1. The van der Waals surface area contributed by atoms with Crippen molar-refractivity contribution >= 4 is 23.4 Å². The average molecular weight is 314 g/mol. The van der Waals surface area contributed by atoms with Crippen molar-refractivity contribution < 1.29 is 4.74 Å². The Labute approximate surface area is 126 Å². The summed E-state index contributed by atoms with van der Waals surface area (Å²) in [5.41, 5.74) is 1.13. The fraction of sp³-hybridized carbons (Fsp3) is 0.417. The van der Waals surface area contributed by atoms with Gasteiger partial charge in [0.15, 0.2) is 0 Å². The number of benzene rings is 1. The Hall–Kier alpha value is -1.31. The van der Waals surface area contributed by atoms with Gasteiger partial charge in [-0.15, -0.1) is 5.10 Å². The monoisotopic (exact) mass is 313 g/mol. The third kappa shape index (κ3) is 4.09. The van der Waals surface area contributed by atoms with Crippen LogP contribution in [0.4, 0.5) is 0 Å². The number of nitrogens with one attached hydrogen (secondary N) is 1. The second kappa shape index (κ2) is 7.47. The van der Waals surface area contributed by atoms with Crippen LogP contribution in [0.25, 0.3) is 0 Å². The molecule has 8 heteroatoms. The molecule has 1 aromatic heterocycles. The molecular formula is C12H16ClN5OS. The molecule has 0 bridgehead atoms. The molecule has 6 nitrogen and oxygen atoms in total. The van der Waals surface area contributed by atoms with Crippen molar-refractivity contribution in [3.63, 3.8) is 0 Å². The van der Waals surface area contributed by atoms with Crippen molar-refractivity contribution in [3.05, 3.63) is 28.8 Å². The van der Waals surface area contributed by atoms with E-state index in [1.807, 2.05) is 25.2 Å². The van der Waals surface area contributed by atoms with E-state index < -0.39 is 0 Å². The lowest BCUT2D eigenvalue weighted by molar-refractivity contribution is 0.415. The summed E-state index contributed by atoms with van der Waals surface area (Å²) in [6.45, 7) is 1.63. The molecule has 0 aliphatic heterocycles. The van der Waals surface area contributed by atoms with Crippen LogP contribution in [0.1, 0.15) is 5.56 Å². The molecule has 1 N–H and O–H groups in total. The van der Waals surface area contributed by atoms with Crippen LogP contribution < -0.4 is 10.1 Å². The number of rotatable bonds is 7. The second-order valence-electron chi connectivity index (χ2n) is 4.08. The molecule has 2 aromatic rings. The minimum atomic E-state index is 0.631. The molecule has 1 aromatic carbocycles. The Balaban J connectivity index is 1.71. The molecule has 20 heavy (non-hydrogen) atoms. The molecular weight excluding hydrogens is 298 g/mol. The van der Waals surface area contributed by atoms with Crippen LogP contribution in [0.15, 0.2) is 23.4 Å². The van der Waals surface area contributed by atoms with Gasteiger partial charge in [-0.25, -0.2) is 4.68 Å². The van der Waals surface area contributed by atoms with E-state index in [9.17, 15) is 0 Å². The van der Waals surface area contributed by atoms with Crippen LogP contribution in [0, 0.1) is 0 Å². The van der Waals surface area contributed by atoms with E-state index in [4.69, 9.17) is 16.3 Å². The normalized spacial score (nSPS) is 10.8. The van der Waals surface area contributed by atoms with Gasteiger partial charge < -0.3 is 10.1 Å². The molecule has 0 amide bonds. The summed E-state index contributed by atoms with van der Waals surface area (Å²) in [5, 5.41) is 16.1. The number of halogens is 1. The third-order valence-corrected chi connectivity index (χ3v) is 3.94. The van der Waals surface area contributed by atoms with Gasteiger partial charge in [-0.1, -0.05) is 29.4 Å². The van der Waals surface area contributed by atoms with Gasteiger partial charge in [-0.05, 0) is 28.1 Å². The number of tetrazole rings is 1. The van der Waals surface area contributed by atoms with Gasteiger partial charge in [-0.2, -0.15) is 0 Å². The molecule has 0 atom stereocenters. The first-order valence-corrected chi connectivity index (χ1v) is 7.45. The summed E-state index contributed by atoms with van der Waals surface area (Å²) >= 11 is 7.69. The molecule has 0 saturated heterocycles. The van der Waals surface area contributed by atoms with Crippen LogP contribution in [0.5, 0.6) is 5.75 Å². The number of aryl methyl sites for hydroxylation is 1. The number of methoxy groups -OCH3 is 1.